The summed E-state index contributed by atoms with van der Waals surface area (Å²) in [7, 11) is 1.44. The lowest BCUT2D eigenvalue weighted by molar-refractivity contribution is -0.385. The Labute approximate surface area is 125 Å². The third kappa shape index (κ3) is 3.71. The van der Waals surface area contributed by atoms with Crippen molar-refractivity contribution < 1.29 is 9.66 Å². The molecule has 0 aliphatic carbocycles. The Bertz CT molecular complexity index is 507. The molecule has 0 saturated carbocycles. The highest BCUT2D eigenvalue weighted by Crippen LogP contribution is 2.28. The van der Waals surface area contributed by atoms with E-state index in [0.29, 0.717) is 18.2 Å². The first kappa shape index (κ1) is 15.7. The van der Waals surface area contributed by atoms with Crippen LogP contribution in [0.5, 0.6) is 5.75 Å². The van der Waals surface area contributed by atoms with Crippen LogP contribution in [-0.2, 0) is 6.54 Å². The van der Waals surface area contributed by atoms with Gasteiger partial charge in [0.2, 0.25) is 0 Å². The molecule has 6 nitrogen and oxygen atoms in total. The molecule has 1 aliphatic rings. The summed E-state index contributed by atoms with van der Waals surface area (Å²) in [5.41, 5.74) is 7.08. The molecule has 0 spiro atoms. The fourth-order valence-electron chi connectivity index (χ4n) is 2.94. The molecule has 1 fully saturated rings. The summed E-state index contributed by atoms with van der Waals surface area (Å²) < 4.78 is 5.03. The fraction of sp³-hybridized carbons (Fsp3) is 0.600. The first-order chi connectivity index (χ1) is 10.0. The molecule has 0 radical (unpaired) electrons. The van der Waals surface area contributed by atoms with E-state index in [9.17, 15) is 10.1 Å². The van der Waals surface area contributed by atoms with Gasteiger partial charge in [-0.05, 0) is 30.5 Å². The zero-order valence-electron chi connectivity index (χ0n) is 12.6. The van der Waals surface area contributed by atoms with E-state index in [2.05, 4.69) is 11.8 Å². The van der Waals surface area contributed by atoms with Crippen molar-refractivity contribution in [3.05, 3.63) is 33.9 Å². The Morgan fingerprint density at radius 3 is 2.90 bits per heavy atom. The molecule has 2 N–H and O–H groups in total. The average Bonchev–Trinajstić information content (AvgIpc) is 2.49. The predicted molar refractivity (Wildman–Crippen MR) is 81.3 cm³/mol. The number of hydrogen-bond donors (Lipinski definition) is 1. The minimum atomic E-state index is -0.400. The van der Waals surface area contributed by atoms with Gasteiger partial charge in [-0.1, -0.05) is 19.4 Å². The SMILES string of the molecule is CCC1CN(Cc2ccc(OC)c([N+](=O)[O-])c2)CCC1N. The van der Waals surface area contributed by atoms with E-state index in [1.54, 1.807) is 12.1 Å². The number of nitro benzene ring substituents is 1. The van der Waals surface area contributed by atoms with Crippen LogP contribution in [0, 0.1) is 16.0 Å². The molecule has 1 aliphatic heterocycles. The van der Waals surface area contributed by atoms with Crippen molar-refractivity contribution in [2.24, 2.45) is 11.7 Å². The van der Waals surface area contributed by atoms with Crippen LogP contribution in [0.2, 0.25) is 0 Å². The summed E-state index contributed by atoms with van der Waals surface area (Å²) in [4.78, 5) is 13.0. The van der Waals surface area contributed by atoms with E-state index in [1.807, 2.05) is 6.07 Å². The second kappa shape index (κ2) is 6.87. The van der Waals surface area contributed by atoms with E-state index < -0.39 is 4.92 Å². The highest BCUT2D eigenvalue weighted by molar-refractivity contribution is 5.48. The van der Waals surface area contributed by atoms with Crippen molar-refractivity contribution >= 4 is 5.69 Å². The van der Waals surface area contributed by atoms with Gasteiger partial charge < -0.3 is 10.5 Å². The van der Waals surface area contributed by atoms with Gasteiger partial charge in [-0.25, -0.2) is 0 Å². The minimum absolute atomic E-state index is 0.0238. The Hall–Kier alpha value is -1.66. The molecule has 2 atom stereocenters. The van der Waals surface area contributed by atoms with E-state index in [4.69, 9.17) is 10.5 Å². The predicted octanol–water partition coefficient (Wildman–Crippen LogP) is 2.16. The molecule has 1 aromatic carbocycles. The maximum atomic E-state index is 11.1. The smallest absolute Gasteiger partial charge is 0.311 e. The van der Waals surface area contributed by atoms with Crippen LogP contribution < -0.4 is 10.5 Å². The van der Waals surface area contributed by atoms with Crippen LogP contribution in [0.3, 0.4) is 0 Å². The molecule has 2 unspecified atom stereocenters. The largest absolute Gasteiger partial charge is 0.490 e. The van der Waals surface area contributed by atoms with E-state index in [-0.39, 0.29) is 11.7 Å². The van der Waals surface area contributed by atoms with Gasteiger partial charge in [0.05, 0.1) is 12.0 Å². The maximum absolute atomic E-state index is 11.1. The summed E-state index contributed by atoms with van der Waals surface area (Å²) in [6.07, 6.45) is 2.05. The Balaban J connectivity index is 2.09. The minimum Gasteiger partial charge on any atom is -0.490 e. The normalized spacial score (nSPS) is 23.0. The van der Waals surface area contributed by atoms with Gasteiger partial charge in [0.25, 0.3) is 0 Å². The molecule has 1 heterocycles. The molecule has 1 aromatic rings. The third-order valence-corrected chi connectivity index (χ3v) is 4.25. The quantitative estimate of drug-likeness (QED) is 0.664. The van der Waals surface area contributed by atoms with Gasteiger partial charge in [-0.3, -0.25) is 15.0 Å². The standard InChI is InChI=1S/C15H23N3O3/c1-3-12-10-17(7-6-13(12)16)9-11-4-5-15(21-2)14(8-11)18(19)20/h4-5,8,12-13H,3,6-7,9-10,16H2,1-2H3. The summed E-state index contributed by atoms with van der Waals surface area (Å²) >= 11 is 0. The maximum Gasteiger partial charge on any atom is 0.311 e. The number of rotatable bonds is 5. The van der Waals surface area contributed by atoms with E-state index in [0.717, 1.165) is 31.5 Å². The lowest BCUT2D eigenvalue weighted by Gasteiger charge is -2.36. The highest BCUT2D eigenvalue weighted by atomic mass is 16.6. The average molecular weight is 293 g/mol. The highest BCUT2D eigenvalue weighted by Gasteiger charge is 2.25. The number of nitrogens with zero attached hydrogens (tertiary/aromatic N) is 2. The van der Waals surface area contributed by atoms with E-state index in [1.165, 1.54) is 7.11 Å². The van der Waals surface area contributed by atoms with Crippen molar-refractivity contribution in [1.29, 1.82) is 0 Å². The van der Waals surface area contributed by atoms with Crippen LogP contribution in [-0.4, -0.2) is 36.1 Å². The van der Waals surface area contributed by atoms with Crippen molar-refractivity contribution in [2.45, 2.75) is 32.4 Å². The zero-order valence-corrected chi connectivity index (χ0v) is 12.6. The van der Waals surface area contributed by atoms with Gasteiger partial charge in [-0.15, -0.1) is 0 Å². The fourth-order valence-corrected chi connectivity index (χ4v) is 2.94. The summed E-state index contributed by atoms with van der Waals surface area (Å²) in [5.74, 6) is 0.808. The van der Waals surface area contributed by atoms with Crippen LogP contribution >= 0.6 is 0 Å². The van der Waals surface area contributed by atoms with Crippen molar-refractivity contribution in [3.63, 3.8) is 0 Å². The van der Waals surface area contributed by atoms with Gasteiger partial charge >= 0.3 is 5.69 Å². The van der Waals surface area contributed by atoms with Crippen LogP contribution in [0.1, 0.15) is 25.3 Å². The van der Waals surface area contributed by atoms with Crippen LogP contribution in [0.15, 0.2) is 18.2 Å². The molecular weight excluding hydrogens is 270 g/mol. The first-order valence-corrected chi connectivity index (χ1v) is 7.34. The number of nitrogens with two attached hydrogens (primary N) is 1. The van der Waals surface area contributed by atoms with Crippen molar-refractivity contribution in [2.75, 3.05) is 20.2 Å². The molecule has 21 heavy (non-hydrogen) atoms. The molecule has 0 bridgehead atoms. The first-order valence-electron chi connectivity index (χ1n) is 7.34. The van der Waals surface area contributed by atoms with Gasteiger partial charge in [-0.2, -0.15) is 0 Å². The molecule has 0 aromatic heterocycles. The topological polar surface area (TPSA) is 81.6 Å². The Morgan fingerprint density at radius 1 is 1.52 bits per heavy atom. The second-order valence-electron chi connectivity index (χ2n) is 5.62. The van der Waals surface area contributed by atoms with Crippen LogP contribution in [0.4, 0.5) is 5.69 Å². The van der Waals surface area contributed by atoms with Crippen molar-refractivity contribution in [1.82, 2.24) is 4.90 Å². The molecule has 6 heteroatoms. The summed E-state index contributed by atoms with van der Waals surface area (Å²) in [6, 6.07) is 5.44. The molecule has 0 amide bonds. The second-order valence-corrected chi connectivity index (χ2v) is 5.62. The summed E-state index contributed by atoms with van der Waals surface area (Å²) in [5, 5.41) is 11.1. The van der Waals surface area contributed by atoms with Crippen molar-refractivity contribution in [3.8, 4) is 5.75 Å². The monoisotopic (exact) mass is 293 g/mol. The summed E-state index contributed by atoms with van der Waals surface area (Å²) in [6.45, 7) is 4.77. The lowest BCUT2D eigenvalue weighted by Crippen LogP contribution is -2.46. The Morgan fingerprint density at radius 2 is 2.29 bits per heavy atom. The number of benzene rings is 1. The van der Waals surface area contributed by atoms with Gasteiger partial charge in [0.15, 0.2) is 5.75 Å². The number of ether oxygens (including phenoxy) is 1. The van der Waals surface area contributed by atoms with Gasteiger partial charge in [0, 0.05) is 25.2 Å². The molecule has 116 valence electrons. The Kier molecular flexibility index (Phi) is 5.14. The number of likely N-dealkylation sites (tertiary alicyclic amines) is 1. The number of methoxy groups -OCH3 is 1. The van der Waals surface area contributed by atoms with E-state index >= 15 is 0 Å². The number of hydrogen-bond acceptors (Lipinski definition) is 5. The third-order valence-electron chi connectivity index (χ3n) is 4.25. The van der Waals surface area contributed by atoms with Crippen LogP contribution in [0.25, 0.3) is 0 Å². The molecular formula is C15H23N3O3. The number of nitro groups is 1. The number of piperidine rings is 1. The van der Waals surface area contributed by atoms with Gasteiger partial charge in [0.1, 0.15) is 0 Å². The zero-order chi connectivity index (χ0) is 15.4. The molecule has 1 saturated heterocycles. The lowest BCUT2D eigenvalue weighted by atomic mass is 9.90. The molecule has 2 rings (SSSR count).